The third kappa shape index (κ3) is 4.09. The Morgan fingerprint density at radius 1 is 1.00 bits per heavy atom. The number of pyridine rings is 1. The van der Waals surface area contributed by atoms with Crippen LogP contribution in [0.25, 0.3) is 17.0 Å². The fourth-order valence-electron chi connectivity index (χ4n) is 3.92. The lowest BCUT2D eigenvalue weighted by atomic mass is 9.96. The molecule has 0 spiro atoms. The molecule has 8 heteroatoms. The standard InChI is InChI=1S/C23H23N7O/c31-23(25-16-17-5-4-12-24-15-17)19-10-13-29(14-11-19)21-9-8-20-26-27-22(30(20)28-21)18-6-2-1-3-7-18/h1-9,12,15,19H,10-11,13-14,16H2,(H,25,31). The summed E-state index contributed by atoms with van der Waals surface area (Å²) in [6.07, 6.45) is 5.10. The number of aromatic nitrogens is 5. The molecule has 1 amide bonds. The number of carbonyl (C=O) groups is 1. The van der Waals surface area contributed by atoms with Gasteiger partial charge < -0.3 is 10.2 Å². The van der Waals surface area contributed by atoms with Crippen LogP contribution in [0.5, 0.6) is 0 Å². The molecule has 0 unspecified atom stereocenters. The summed E-state index contributed by atoms with van der Waals surface area (Å²) in [5.74, 6) is 1.73. The molecule has 0 saturated carbocycles. The topological polar surface area (TPSA) is 88.3 Å². The normalized spacial score (nSPS) is 14.6. The molecule has 1 aliphatic rings. The fraction of sp³-hybridized carbons (Fsp3) is 0.261. The minimum Gasteiger partial charge on any atom is -0.355 e. The molecule has 31 heavy (non-hydrogen) atoms. The van der Waals surface area contributed by atoms with Gasteiger partial charge in [0, 0.05) is 43.5 Å². The van der Waals surface area contributed by atoms with Crippen LogP contribution in [0.15, 0.2) is 67.0 Å². The number of piperidine rings is 1. The first-order chi connectivity index (χ1) is 15.3. The highest BCUT2D eigenvalue weighted by Gasteiger charge is 2.26. The Hall–Kier alpha value is -3.81. The van der Waals surface area contributed by atoms with Crippen LogP contribution < -0.4 is 10.2 Å². The van der Waals surface area contributed by atoms with Gasteiger partial charge in [0.15, 0.2) is 11.5 Å². The van der Waals surface area contributed by atoms with Gasteiger partial charge in [-0.1, -0.05) is 36.4 Å². The van der Waals surface area contributed by atoms with Crippen molar-refractivity contribution in [3.8, 4) is 11.4 Å². The molecule has 8 nitrogen and oxygen atoms in total. The van der Waals surface area contributed by atoms with Gasteiger partial charge in [0.05, 0.1) is 0 Å². The van der Waals surface area contributed by atoms with Gasteiger partial charge in [-0.25, -0.2) is 0 Å². The second-order valence-corrected chi connectivity index (χ2v) is 7.69. The maximum absolute atomic E-state index is 12.6. The fourth-order valence-corrected chi connectivity index (χ4v) is 3.92. The molecule has 1 aliphatic heterocycles. The lowest BCUT2D eigenvalue weighted by Gasteiger charge is -2.32. The van der Waals surface area contributed by atoms with Gasteiger partial charge in [0.25, 0.3) is 0 Å². The number of fused-ring (bicyclic) bond motifs is 1. The number of carbonyl (C=O) groups excluding carboxylic acids is 1. The average molecular weight is 413 g/mol. The van der Waals surface area contributed by atoms with E-state index in [0.717, 1.165) is 48.7 Å². The van der Waals surface area contributed by atoms with Crippen molar-refractivity contribution < 1.29 is 4.79 Å². The summed E-state index contributed by atoms with van der Waals surface area (Å²) in [6.45, 7) is 2.08. The quantitative estimate of drug-likeness (QED) is 0.541. The average Bonchev–Trinajstić information content (AvgIpc) is 3.27. The first-order valence-corrected chi connectivity index (χ1v) is 10.5. The Morgan fingerprint density at radius 2 is 1.84 bits per heavy atom. The van der Waals surface area contributed by atoms with E-state index in [0.29, 0.717) is 12.2 Å². The van der Waals surface area contributed by atoms with E-state index in [2.05, 4.69) is 25.4 Å². The highest BCUT2D eigenvalue weighted by molar-refractivity contribution is 5.79. The monoisotopic (exact) mass is 413 g/mol. The van der Waals surface area contributed by atoms with Crippen LogP contribution in [0.2, 0.25) is 0 Å². The Kier molecular flexibility index (Phi) is 5.26. The molecule has 0 atom stereocenters. The van der Waals surface area contributed by atoms with Gasteiger partial charge in [0.1, 0.15) is 5.82 Å². The summed E-state index contributed by atoms with van der Waals surface area (Å²) in [6, 6.07) is 17.7. The van der Waals surface area contributed by atoms with Gasteiger partial charge >= 0.3 is 0 Å². The van der Waals surface area contributed by atoms with Crippen molar-refractivity contribution in [2.24, 2.45) is 5.92 Å². The highest BCUT2D eigenvalue weighted by atomic mass is 16.1. The van der Waals surface area contributed by atoms with E-state index in [1.54, 1.807) is 16.9 Å². The summed E-state index contributed by atoms with van der Waals surface area (Å²) < 4.78 is 1.79. The summed E-state index contributed by atoms with van der Waals surface area (Å²) in [4.78, 5) is 18.9. The molecule has 4 heterocycles. The zero-order valence-electron chi connectivity index (χ0n) is 17.1. The lowest BCUT2D eigenvalue weighted by molar-refractivity contribution is -0.125. The van der Waals surface area contributed by atoms with Gasteiger partial charge in [-0.2, -0.15) is 4.52 Å². The zero-order chi connectivity index (χ0) is 21.0. The minimum absolute atomic E-state index is 0.0199. The van der Waals surface area contributed by atoms with Crippen molar-refractivity contribution in [3.05, 3.63) is 72.6 Å². The predicted molar refractivity (Wildman–Crippen MR) is 117 cm³/mol. The maximum Gasteiger partial charge on any atom is 0.223 e. The Balaban J connectivity index is 1.24. The summed E-state index contributed by atoms with van der Waals surface area (Å²) in [7, 11) is 0. The number of anilines is 1. The molecular weight excluding hydrogens is 390 g/mol. The van der Waals surface area contributed by atoms with E-state index in [9.17, 15) is 4.79 Å². The van der Waals surface area contributed by atoms with Crippen LogP contribution in [0.1, 0.15) is 18.4 Å². The molecule has 0 radical (unpaired) electrons. The first kappa shape index (κ1) is 19.2. The predicted octanol–water partition coefficient (Wildman–Crippen LogP) is 2.72. The molecule has 1 saturated heterocycles. The third-order valence-electron chi connectivity index (χ3n) is 5.66. The van der Waals surface area contributed by atoms with Gasteiger partial charge in [-0.05, 0) is 36.6 Å². The molecule has 1 N–H and O–H groups in total. The van der Waals surface area contributed by atoms with E-state index >= 15 is 0 Å². The van der Waals surface area contributed by atoms with Crippen LogP contribution >= 0.6 is 0 Å². The first-order valence-electron chi connectivity index (χ1n) is 10.5. The molecule has 5 rings (SSSR count). The van der Waals surface area contributed by atoms with Crippen molar-refractivity contribution in [1.29, 1.82) is 0 Å². The number of hydrogen-bond donors (Lipinski definition) is 1. The Bertz CT molecular complexity index is 1170. The number of nitrogens with zero attached hydrogens (tertiary/aromatic N) is 6. The number of amides is 1. The molecular formula is C23H23N7O. The molecule has 1 aromatic carbocycles. The van der Waals surface area contributed by atoms with E-state index in [1.807, 2.05) is 54.6 Å². The van der Waals surface area contributed by atoms with Gasteiger partial charge in [-0.3, -0.25) is 9.78 Å². The largest absolute Gasteiger partial charge is 0.355 e. The summed E-state index contributed by atoms with van der Waals surface area (Å²) in [5.41, 5.74) is 2.70. The number of rotatable bonds is 5. The van der Waals surface area contributed by atoms with Crippen molar-refractivity contribution in [1.82, 2.24) is 30.1 Å². The van der Waals surface area contributed by atoms with Crippen molar-refractivity contribution >= 4 is 17.4 Å². The van der Waals surface area contributed by atoms with Crippen LogP contribution in [-0.2, 0) is 11.3 Å². The molecule has 1 fully saturated rings. The van der Waals surface area contributed by atoms with E-state index < -0.39 is 0 Å². The second kappa shape index (κ2) is 8.51. The Morgan fingerprint density at radius 3 is 2.61 bits per heavy atom. The van der Waals surface area contributed by atoms with Crippen molar-refractivity contribution in [3.63, 3.8) is 0 Å². The number of nitrogens with one attached hydrogen (secondary N) is 1. The van der Waals surface area contributed by atoms with Gasteiger partial charge in [0.2, 0.25) is 5.91 Å². The second-order valence-electron chi connectivity index (χ2n) is 7.69. The van der Waals surface area contributed by atoms with Gasteiger partial charge in [-0.15, -0.1) is 15.3 Å². The van der Waals surface area contributed by atoms with Crippen molar-refractivity contribution in [2.45, 2.75) is 19.4 Å². The maximum atomic E-state index is 12.6. The number of hydrogen-bond acceptors (Lipinski definition) is 6. The molecule has 0 bridgehead atoms. The molecule has 4 aromatic rings. The highest BCUT2D eigenvalue weighted by Crippen LogP contribution is 2.24. The van der Waals surface area contributed by atoms with E-state index in [-0.39, 0.29) is 11.8 Å². The van der Waals surface area contributed by atoms with Crippen LogP contribution in [0.3, 0.4) is 0 Å². The van der Waals surface area contributed by atoms with Crippen LogP contribution in [0.4, 0.5) is 5.82 Å². The van der Waals surface area contributed by atoms with Crippen LogP contribution in [0, 0.1) is 5.92 Å². The minimum atomic E-state index is 0.0199. The smallest absolute Gasteiger partial charge is 0.223 e. The van der Waals surface area contributed by atoms with E-state index in [4.69, 9.17) is 5.10 Å². The van der Waals surface area contributed by atoms with Crippen molar-refractivity contribution in [2.75, 3.05) is 18.0 Å². The third-order valence-corrected chi connectivity index (χ3v) is 5.66. The lowest BCUT2D eigenvalue weighted by Crippen LogP contribution is -2.40. The molecule has 3 aromatic heterocycles. The summed E-state index contributed by atoms with van der Waals surface area (Å²) in [5, 5.41) is 16.4. The van der Waals surface area contributed by atoms with E-state index in [1.165, 1.54) is 0 Å². The summed E-state index contributed by atoms with van der Waals surface area (Å²) >= 11 is 0. The van der Waals surface area contributed by atoms with Crippen LogP contribution in [-0.4, -0.2) is 43.8 Å². The Labute approximate surface area is 179 Å². The molecule has 156 valence electrons. The SMILES string of the molecule is O=C(NCc1cccnc1)C1CCN(c2ccc3nnc(-c4ccccc4)n3n2)CC1. The number of benzene rings is 1. The zero-order valence-corrected chi connectivity index (χ0v) is 17.1. The molecule has 0 aliphatic carbocycles.